The third-order valence-corrected chi connectivity index (χ3v) is 3.51. The number of nitrogens with zero attached hydrogens (tertiary/aromatic N) is 1. The van der Waals surface area contributed by atoms with E-state index in [0.717, 1.165) is 17.3 Å². The van der Waals surface area contributed by atoms with Crippen LogP contribution in [0.1, 0.15) is 26.0 Å². The summed E-state index contributed by atoms with van der Waals surface area (Å²) in [5.41, 5.74) is 0. The summed E-state index contributed by atoms with van der Waals surface area (Å²) in [5.74, 6) is 2.19. The maximum absolute atomic E-state index is 5.33. The fraction of sp³-hybridized carbons (Fsp3) is 0.583. The first-order valence-electron chi connectivity index (χ1n) is 5.73. The van der Waals surface area contributed by atoms with Crippen LogP contribution in [0.15, 0.2) is 27.8 Å². The summed E-state index contributed by atoms with van der Waals surface area (Å²) in [5, 5.41) is 4.52. The van der Waals surface area contributed by atoms with Gasteiger partial charge in [-0.3, -0.25) is 4.99 Å². The van der Waals surface area contributed by atoms with Gasteiger partial charge in [-0.1, -0.05) is 11.8 Å². The van der Waals surface area contributed by atoms with Crippen LogP contribution in [0.25, 0.3) is 0 Å². The molecule has 0 saturated carbocycles. The normalized spacial score (nSPS) is 22.6. The molecule has 3 nitrogen and oxygen atoms in total. The van der Waals surface area contributed by atoms with Crippen LogP contribution in [-0.4, -0.2) is 23.0 Å². The fourth-order valence-electron chi connectivity index (χ4n) is 1.70. The average molecular weight is 238 g/mol. The molecular weight excluding hydrogens is 220 g/mol. The molecule has 4 heteroatoms. The van der Waals surface area contributed by atoms with Crippen molar-refractivity contribution in [2.24, 2.45) is 4.99 Å². The first-order chi connectivity index (χ1) is 7.74. The van der Waals surface area contributed by atoms with E-state index in [9.17, 15) is 0 Å². The Hall–Kier alpha value is -0.900. The van der Waals surface area contributed by atoms with E-state index in [-0.39, 0.29) is 0 Å². The Morgan fingerprint density at radius 3 is 3.25 bits per heavy atom. The highest BCUT2D eigenvalue weighted by Crippen LogP contribution is 2.16. The quantitative estimate of drug-likeness (QED) is 0.879. The summed E-state index contributed by atoms with van der Waals surface area (Å²) in [6.45, 7) is 4.32. The van der Waals surface area contributed by atoms with Crippen LogP contribution in [0.4, 0.5) is 0 Å². The van der Waals surface area contributed by atoms with E-state index in [4.69, 9.17) is 4.42 Å². The Labute approximate surface area is 101 Å². The monoisotopic (exact) mass is 238 g/mol. The van der Waals surface area contributed by atoms with Crippen LogP contribution >= 0.6 is 11.8 Å². The second-order valence-corrected chi connectivity index (χ2v) is 5.33. The van der Waals surface area contributed by atoms with Gasteiger partial charge < -0.3 is 9.73 Å². The molecular formula is C12H18N2OS. The van der Waals surface area contributed by atoms with E-state index >= 15 is 0 Å². The number of rotatable bonds is 3. The summed E-state index contributed by atoms with van der Waals surface area (Å²) in [6, 6.07) is 4.76. The lowest BCUT2D eigenvalue weighted by molar-refractivity contribution is 0.482. The molecule has 0 spiro atoms. The van der Waals surface area contributed by atoms with Crippen LogP contribution < -0.4 is 5.32 Å². The Morgan fingerprint density at radius 2 is 2.56 bits per heavy atom. The maximum Gasteiger partial charge on any atom is 0.157 e. The van der Waals surface area contributed by atoms with Crippen LogP contribution in [0.3, 0.4) is 0 Å². The lowest BCUT2D eigenvalue weighted by Crippen LogP contribution is -2.34. The minimum Gasteiger partial charge on any atom is -0.469 e. The van der Waals surface area contributed by atoms with E-state index in [0.29, 0.717) is 12.1 Å². The van der Waals surface area contributed by atoms with Gasteiger partial charge in [0.25, 0.3) is 0 Å². The summed E-state index contributed by atoms with van der Waals surface area (Å²) < 4.78 is 5.33. The number of aliphatic imine (C=N–C) groups is 1. The minimum atomic E-state index is 0.364. The van der Waals surface area contributed by atoms with E-state index in [2.05, 4.69) is 24.2 Å². The Bertz CT molecular complexity index is 348. The third kappa shape index (κ3) is 3.30. The van der Waals surface area contributed by atoms with Crippen molar-refractivity contribution >= 4 is 16.9 Å². The molecule has 1 N–H and O–H groups in total. The molecule has 2 unspecified atom stereocenters. The van der Waals surface area contributed by atoms with Crippen molar-refractivity contribution in [1.29, 1.82) is 0 Å². The Balaban J connectivity index is 1.85. The van der Waals surface area contributed by atoms with E-state index in [1.54, 1.807) is 6.26 Å². The van der Waals surface area contributed by atoms with Crippen molar-refractivity contribution in [3.05, 3.63) is 24.2 Å². The lowest BCUT2D eigenvalue weighted by Gasteiger charge is -2.21. The highest BCUT2D eigenvalue weighted by atomic mass is 32.2. The van der Waals surface area contributed by atoms with Gasteiger partial charge in [0.05, 0.1) is 12.3 Å². The van der Waals surface area contributed by atoms with E-state index in [1.807, 2.05) is 23.9 Å². The predicted octanol–water partition coefficient (Wildman–Crippen LogP) is 2.68. The molecule has 1 aromatic rings. The van der Waals surface area contributed by atoms with Gasteiger partial charge in [-0.2, -0.15) is 0 Å². The zero-order valence-corrected chi connectivity index (χ0v) is 10.6. The van der Waals surface area contributed by atoms with Gasteiger partial charge in [-0.15, -0.1) is 0 Å². The van der Waals surface area contributed by atoms with Gasteiger partial charge >= 0.3 is 0 Å². The first kappa shape index (κ1) is 11.6. The molecule has 1 aromatic heterocycles. The van der Waals surface area contributed by atoms with Gasteiger partial charge in [-0.25, -0.2) is 0 Å². The molecule has 0 bridgehead atoms. The Kier molecular flexibility index (Phi) is 3.93. The molecule has 88 valence electrons. The molecule has 2 rings (SSSR count). The molecule has 0 fully saturated rings. The van der Waals surface area contributed by atoms with Crippen molar-refractivity contribution in [1.82, 2.24) is 5.32 Å². The highest BCUT2D eigenvalue weighted by molar-refractivity contribution is 8.13. The predicted molar refractivity (Wildman–Crippen MR) is 69.0 cm³/mol. The molecule has 2 atom stereocenters. The van der Waals surface area contributed by atoms with Crippen molar-refractivity contribution in [3.8, 4) is 0 Å². The summed E-state index contributed by atoms with van der Waals surface area (Å²) in [4.78, 5) is 4.59. The topological polar surface area (TPSA) is 37.5 Å². The summed E-state index contributed by atoms with van der Waals surface area (Å²) in [6.07, 6.45) is 3.81. The van der Waals surface area contributed by atoms with E-state index < -0.39 is 0 Å². The molecule has 16 heavy (non-hydrogen) atoms. The van der Waals surface area contributed by atoms with E-state index in [1.165, 1.54) is 12.2 Å². The van der Waals surface area contributed by atoms with Crippen LogP contribution in [-0.2, 0) is 6.42 Å². The molecule has 0 amide bonds. The van der Waals surface area contributed by atoms with Crippen molar-refractivity contribution in [2.75, 3.05) is 5.75 Å². The summed E-state index contributed by atoms with van der Waals surface area (Å²) >= 11 is 1.82. The molecule has 0 saturated heterocycles. The Morgan fingerprint density at radius 1 is 1.69 bits per heavy atom. The second-order valence-electron chi connectivity index (χ2n) is 4.25. The average Bonchev–Trinajstić information content (AvgIpc) is 2.70. The number of furan rings is 1. The molecule has 2 heterocycles. The van der Waals surface area contributed by atoms with Gasteiger partial charge in [0.15, 0.2) is 5.17 Å². The molecule has 0 aliphatic carbocycles. The van der Waals surface area contributed by atoms with Crippen LogP contribution in [0.2, 0.25) is 0 Å². The zero-order valence-electron chi connectivity index (χ0n) is 9.77. The third-order valence-electron chi connectivity index (χ3n) is 2.57. The molecule has 0 radical (unpaired) electrons. The SMILES string of the molecule is CC1CCSC(NC(C)Cc2ccco2)=N1. The number of hydrogen-bond donors (Lipinski definition) is 1. The van der Waals surface area contributed by atoms with Crippen molar-refractivity contribution in [2.45, 2.75) is 38.8 Å². The van der Waals surface area contributed by atoms with Crippen LogP contribution in [0, 0.1) is 0 Å². The summed E-state index contributed by atoms with van der Waals surface area (Å²) in [7, 11) is 0. The van der Waals surface area contributed by atoms with Crippen molar-refractivity contribution < 1.29 is 4.42 Å². The number of nitrogens with one attached hydrogen (secondary N) is 1. The largest absolute Gasteiger partial charge is 0.469 e. The second kappa shape index (κ2) is 5.43. The van der Waals surface area contributed by atoms with Crippen LogP contribution in [0.5, 0.6) is 0 Å². The number of thioether (sulfide) groups is 1. The standard InChI is InChI=1S/C12H18N2OS/c1-9-5-7-16-12(13-9)14-10(2)8-11-4-3-6-15-11/h3-4,6,9-10H,5,7-8H2,1-2H3,(H,13,14). The number of hydrogen-bond acceptors (Lipinski definition) is 4. The van der Waals surface area contributed by atoms with Gasteiger partial charge in [0.1, 0.15) is 5.76 Å². The van der Waals surface area contributed by atoms with Gasteiger partial charge in [-0.05, 0) is 32.4 Å². The smallest absolute Gasteiger partial charge is 0.157 e. The number of amidine groups is 1. The molecule has 1 aliphatic heterocycles. The zero-order chi connectivity index (χ0) is 11.4. The fourth-order valence-corrected chi connectivity index (χ4v) is 2.89. The van der Waals surface area contributed by atoms with Gasteiger partial charge in [0.2, 0.25) is 0 Å². The first-order valence-corrected chi connectivity index (χ1v) is 6.72. The lowest BCUT2D eigenvalue weighted by atomic mass is 10.2. The maximum atomic E-state index is 5.33. The molecule has 1 aliphatic rings. The highest BCUT2D eigenvalue weighted by Gasteiger charge is 2.14. The van der Waals surface area contributed by atoms with Gasteiger partial charge in [0, 0.05) is 18.2 Å². The molecule has 0 aromatic carbocycles. The van der Waals surface area contributed by atoms with Crippen molar-refractivity contribution in [3.63, 3.8) is 0 Å². The minimum absolute atomic E-state index is 0.364.